The minimum absolute atomic E-state index is 0.0858. The Hall–Kier alpha value is -2.11. The zero-order chi connectivity index (χ0) is 14.8. The van der Waals surface area contributed by atoms with Crippen LogP contribution in [-0.2, 0) is 6.54 Å². The van der Waals surface area contributed by atoms with Crippen molar-refractivity contribution in [3.8, 4) is 5.75 Å². The van der Waals surface area contributed by atoms with E-state index in [0.717, 1.165) is 10.9 Å². The topological polar surface area (TPSA) is 62.5 Å². The highest BCUT2D eigenvalue weighted by atomic mass is 32.1. The molecule has 4 nitrogen and oxygen atoms in total. The number of aromatic hydroxyl groups is 1. The number of phenolic OH excluding ortho intramolecular Hbond substituents is 1. The van der Waals surface area contributed by atoms with Crippen LogP contribution in [0.1, 0.15) is 23.4 Å². The standard InChI is InChI=1S/C16H15NO3S/c1-10(15-3-2-6-21-15)17-9-11-7-16(19)20-14-8-12(18)4-5-13(11)14/h2-8,10,17-18H,9H2,1H3/t10-/m1/s1. The van der Waals surface area contributed by atoms with Crippen LogP contribution in [0.25, 0.3) is 11.0 Å². The molecule has 108 valence electrons. The lowest BCUT2D eigenvalue weighted by atomic mass is 10.1. The highest BCUT2D eigenvalue weighted by molar-refractivity contribution is 7.10. The summed E-state index contributed by atoms with van der Waals surface area (Å²) in [5.41, 5.74) is 0.862. The van der Waals surface area contributed by atoms with Gasteiger partial charge < -0.3 is 14.8 Å². The van der Waals surface area contributed by atoms with Crippen LogP contribution in [-0.4, -0.2) is 5.11 Å². The third-order valence-corrected chi connectivity index (χ3v) is 4.44. The first-order chi connectivity index (χ1) is 10.1. The first-order valence-electron chi connectivity index (χ1n) is 6.66. The Labute approximate surface area is 125 Å². The van der Waals surface area contributed by atoms with Gasteiger partial charge in [0.2, 0.25) is 0 Å². The average Bonchev–Trinajstić information content (AvgIpc) is 2.97. The van der Waals surface area contributed by atoms with Crippen molar-refractivity contribution in [2.24, 2.45) is 0 Å². The zero-order valence-electron chi connectivity index (χ0n) is 11.5. The molecule has 3 rings (SSSR count). The zero-order valence-corrected chi connectivity index (χ0v) is 12.3. The summed E-state index contributed by atoms with van der Waals surface area (Å²) < 4.78 is 5.12. The number of benzene rings is 1. The number of thiophene rings is 1. The lowest BCUT2D eigenvalue weighted by Gasteiger charge is -2.13. The van der Waals surface area contributed by atoms with Gasteiger partial charge in [0, 0.05) is 35.0 Å². The third kappa shape index (κ3) is 2.99. The number of fused-ring (bicyclic) bond motifs is 1. The molecule has 2 aromatic heterocycles. The molecule has 1 atom stereocenters. The Balaban J connectivity index is 1.88. The fraction of sp³-hybridized carbons (Fsp3) is 0.188. The van der Waals surface area contributed by atoms with Crippen molar-refractivity contribution in [1.29, 1.82) is 0 Å². The van der Waals surface area contributed by atoms with E-state index in [-0.39, 0.29) is 11.8 Å². The minimum atomic E-state index is -0.409. The van der Waals surface area contributed by atoms with Gasteiger partial charge in [-0.15, -0.1) is 11.3 Å². The van der Waals surface area contributed by atoms with E-state index in [1.807, 2.05) is 11.4 Å². The molecule has 0 aliphatic heterocycles. The number of hydrogen-bond acceptors (Lipinski definition) is 5. The van der Waals surface area contributed by atoms with Crippen LogP contribution in [0.4, 0.5) is 0 Å². The predicted molar refractivity (Wildman–Crippen MR) is 83.7 cm³/mol. The second kappa shape index (κ2) is 5.71. The molecule has 0 spiro atoms. The Morgan fingerprint density at radius 3 is 2.95 bits per heavy atom. The molecule has 0 bridgehead atoms. The van der Waals surface area contributed by atoms with Crippen molar-refractivity contribution >= 4 is 22.3 Å². The molecule has 5 heteroatoms. The third-order valence-electron chi connectivity index (χ3n) is 3.38. The van der Waals surface area contributed by atoms with E-state index < -0.39 is 5.63 Å². The van der Waals surface area contributed by atoms with E-state index in [1.165, 1.54) is 17.0 Å². The second-order valence-electron chi connectivity index (χ2n) is 4.89. The Morgan fingerprint density at radius 1 is 1.33 bits per heavy atom. The molecule has 0 saturated carbocycles. The summed E-state index contributed by atoms with van der Waals surface area (Å²) in [6.07, 6.45) is 0. The van der Waals surface area contributed by atoms with Crippen molar-refractivity contribution < 1.29 is 9.52 Å². The van der Waals surface area contributed by atoms with Gasteiger partial charge in [-0.2, -0.15) is 0 Å². The van der Waals surface area contributed by atoms with Gasteiger partial charge in [0.15, 0.2) is 0 Å². The van der Waals surface area contributed by atoms with Crippen LogP contribution >= 0.6 is 11.3 Å². The number of phenols is 1. The normalized spacial score (nSPS) is 12.6. The molecule has 0 aliphatic carbocycles. The van der Waals surface area contributed by atoms with Crippen molar-refractivity contribution in [3.63, 3.8) is 0 Å². The smallest absolute Gasteiger partial charge is 0.336 e. The second-order valence-corrected chi connectivity index (χ2v) is 5.87. The summed E-state index contributed by atoms with van der Waals surface area (Å²) in [6.45, 7) is 2.65. The molecule has 2 heterocycles. The molecule has 0 amide bonds. The van der Waals surface area contributed by atoms with E-state index >= 15 is 0 Å². The Morgan fingerprint density at radius 2 is 2.19 bits per heavy atom. The first-order valence-corrected chi connectivity index (χ1v) is 7.54. The lowest BCUT2D eigenvalue weighted by Crippen LogP contribution is -2.18. The van der Waals surface area contributed by atoms with Crippen LogP contribution < -0.4 is 10.9 Å². The fourth-order valence-corrected chi connectivity index (χ4v) is 3.03. The van der Waals surface area contributed by atoms with Gasteiger partial charge in [0.05, 0.1) is 0 Å². The monoisotopic (exact) mass is 301 g/mol. The van der Waals surface area contributed by atoms with Gasteiger partial charge in [-0.1, -0.05) is 6.07 Å². The summed E-state index contributed by atoms with van der Waals surface area (Å²) in [5.74, 6) is 0.0858. The van der Waals surface area contributed by atoms with E-state index in [2.05, 4.69) is 18.3 Å². The van der Waals surface area contributed by atoms with Crippen molar-refractivity contribution in [1.82, 2.24) is 5.32 Å². The molecule has 0 aliphatic rings. The van der Waals surface area contributed by atoms with E-state index in [4.69, 9.17) is 4.42 Å². The van der Waals surface area contributed by atoms with Crippen molar-refractivity contribution in [2.75, 3.05) is 0 Å². The summed E-state index contributed by atoms with van der Waals surface area (Å²) >= 11 is 1.70. The van der Waals surface area contributed by atoms with Gasteiger partial charge >= 0.3 is 5.63 Å². The molecule has 2 N–H and O–H groups in total. The molecular weight excluding hydrogens is 286 g/mol. The van der Waals surface area contributed by atoms with Gasteiger partial charge in [-0.05, 0) is 36.1 Å². The molecule has 0 radical (unpaired) electrons. The quantitative estimate of drug-likeness (QED) is 0.725. The SMILES string of the molecule is C[C@@H](NCc1cc(=O)oc2cc(O)ccc12)c1cccs1. The molecular formula is C16H15NO3S. The largest absolute Gasteiger partial charge is 0.508 e. The van der Waals surface area contributed by atoms with Gasteiger partial charge in [0.25, 0.3) is 0 Å². The molecule has 1 aromatic carbocycles. The summed E-state index contributed by atoms with van der Waals surface area (Å²) in [4.78, 5) is 12.9. The summed E-state index contributed by atoms with van der Waals surface area (Å²) in [7, 11) is 0. The van der Waals surface area contributed by atoms with Crippen molar-refractivity contribution in [2.45, 2.75) is 19.5 Å². The van der Waals surface area contributed by atoms with Crippen LogP contribution in [0, 0.1) is 0 Å². The van der Waals surface area contributed by atoms with Gasteiger partial charge in [-0.25, -0.2) is 4.79 Å². The minimum Gasteiger partial charge on any atom is -0.508 e. The number of rotatable bonds is 4. The van der Waals surface area contributed by atoms with Crippen molar-refractivity contribution in [3.05, 3.63) is 62.6 Å². The average molecular weight is 301 g/mol. The van der Waals surface area contributed by atoms with E-state index in [0.29, 0.717) is 12.1 Å². The lowest BCUT2D eigenvalue weighted by molar-refractivity contribution is 0.473. The molecule has 0 unspecified atom stereocenters. The van der Waals surface area contributed by atoms with Gasteiger partial charge in [-0.3, -0.25) is 0 Å². The molecule has 3 aromatic rings. The first kappa shape index (κ1) is 13.9. The van der Waals surface area contributed by atoms with Gasteiger partial charge in [0.1, 0.15) is 11.3 Å². The maximum absolute atomic E-state index is 11.6. The van der Waals surface area contributed by atoms with Crippen LogP contribution in [0.15, 0.2) is 51.0 Å². The fourth-order valence-electron chi connectivity index (χ4n) is 2.27. The molecule has 21 heavy (non-hydrogen) atoms. The summed E-state index contributed by atoms with van der Waals surface area (Å²) in [6, 6.07) is 10.6. The van der Waals surface area contributed by atoms with Crippen LogP contribution in [0.3, 0.4) is 0 Å². The molecule has 0 fully saturated rings. The molecule has 0 saturated heterocycles. The maximum Gasteiger partial charge on any atom is 0.336 e. The summed E-state index contributed by atoms with van der Waals surface area (Å²) in [5, 5.41) is 15.8. The Kier molecular flexibility index (Phi) is 3.77. The number of nitrogens with one attached hydrogen (secondary N) is 1. The predicted octanol–water partition coefficient (Wildman–Crippen LogP) is 3.41. The van der Waals surface area contributed by atoms with Crippen LogP contribution in [0.2, 0.25) is 0 Å². The van der Waals surface area contributed by atoms with Crippen LogP contribution in [0.5, 0.6) is 5.75 Å². The highest BCUT2D eigenvalue weighted by Gasteiger charge is 2.09. The van der Waals surface area contributed by atoms with E-state index in [9.17, 15) is 9.90 Å². The van der Waals surface area contributed by atoms with E-state index in [1.54, 1.807) is 23.5 Å². The Bertz CT molecular complexity index is 808. The number of hydrogen-bond donors (Lipinski definition) is 2. The maximum atomic E-state index is 11.6. The highest BCUT2D eigenvalue weighted by Crippen LogP contribution is 2.23.